The molecule has 3 aromatic heterocycles. The summed E-state index contributed by atoms with van der Waals surface area (Å²) < 4.78 is 3.42. The smallest absolute Gasteiger partial charge is 0.287 e. The molecule has 7 nitrogen and oxygen atoms in total. The molecular weight excluding hydrogens is 342 g/mol. The molecule has 0 fully saturated rings. The molecule has 4 aromatic rings. The van der Waals surface area contributed by atoms with E-state index in [1.165, 1.54) is 9.96 Å². The number of fused-ring (bicyclic) bond motifs is 2. The van der Waals surface area contributed by atoms with Crippen molar-refractivity contribution in [3.63, 3.8) is 0 Å². The van der Waals surface area contributed by atoms with Crippen molar-refractivity contribution in [1.29, 1.82) is 0 Å². The number of aryl methyl sites for hydroxylation is 1. The first-order valence-corrected chi connectivity index (χ1v) is 8.98. The fourth-order valence-corrected chi connectivity index (χ4v) is 3.69. The Bertz CT molecular complexity index is 1230. The molecule has 0 amide bonds. The highest BCUT2D eigenvalue weighted by Gasteiger charge is 2.23. The third-order valence-electron chi connectivity index (χ3n) is 5.24. The van der Waals surface area contributed by atoms with Gasteiger partial charge in [0.1, 0.15) is 0 Å². The van der Waals surface area contributed by atoms with Crippen LogP contribution in [-0.2, 0) is 0 Å². The molecule has 27 heavy (non-hydrogen) atoms. The minimum absolute atomic E-state index is 0.0491. The van der Waals surface area contributed by atoms with E-state index in [1.54, 1.807) is 12.5 Å². The Morgan fingerprint density at radius 3 is 2.81 bits per heavy atom. The van der Waals surface area contributed by atoms with Crippen LogP contribution in [-0.4, -0.2) is 35.6 Å². The Hall–Kier alpha value is -3.19. The summed E-state index contributed by atoms with van der Waals surface area (Å²) in [5, 5.41) is 9.36. The first-order chi connectivity index (χ1) is 13.1. The molecule has 1 aliphatic rings. The van der Waals surface area contributed by atoms with E-state index in [2.05, 4.69) is 15.0 Å². The summed E-state index contributed by atoms with van der Waals surface area (Å²) in [5.41, 5.74) is 3.73. The topological polar surface area (TPSA) is 88.2 Å². The van der Waals surface area contributed by atoms with Gasteiger partial charge in [0, 0.05) is 18.7 Å². The van der Waals surface area contributed by atoms with E-state index in [0.29, 0.717) is 16.9 Å². The van der Waals surface area contributed by atoms with Crippen molar-refractivity contribution in [2.75, 3.05) is 6.61 Å². The van der Waals surface area contributed by atoms with Crippen LogP contribution in [0.15, 0.2) is 53.7 Å². The lowest BCUT2D eigenvalue weighted by molar-refractivity contribution is 0.244. The lowest BCUT2D eigenvalue weighted by atomic mass is 10.1. The van der Waals surface area contributed by atoms with Crippen molar-refractivity contribution in [3.05, 3.63) is 64.9 Å². The number of hydrogen-bond donors (Lipinski definition) is 2. The normalized spacial score (nSPS) is 19.5. The average Bonchev–Trinajstić information content (AvgIpc) is 3.40. The number of imidazole rings is 2. The van der Waals surface area contributed by atoms with Gasteiger partial charge in [-0.1, -0.05) is 42.0 Å². The van der Waals surface area contributed by atoms with Gasteiger partial charge in [0.2, 0.25) is 5.78 Å². The van der Waals surface area contributed by atoms with Crippen molar-refractivity contribution in [1.82, 2.24) is 23.9 Å². The maximum Gasteiger partial charge on any atom is 0.287 e. The zero-order chi connectivity index (χ0) is 18.5. The molecule has 136 valence electrons. The van der Waals surface area contributed by atoms with E-state index in [0.717, 1.165) is 17.7 Å². The number of H-pyrrole nitrogens is 1. The standard InChI is InChI=1S/C20H19N5O2/c1-12-2-5-14(6-3-12)16-9-24-19(27)17-18(23-20(24)22-16)25(11-21-17)15-7-4-13(8-15)10-26/h2-7,9,11,13,15,26H,8,10H2,1H3,(H,22,23)/t13-,15+/m1/s1. The van der Waals surface area contributed by atoms with Crippen LogP contribution in [0.1, 0.15) is 18.0 Å². The lowest BCUT2D eigenvalue weighted by Crippen LogP contribution is -2.15. The van der Waals surface area contributed by atoms with Gasteiger partial charge in [-0.2, -0.15) is 4.98 Å². The summed E-state index contributed by atoms with van der Waals surface area (Å²) in [6.07, 6.45) is 8.26. The van der Waals surface area contributed by atoms with Crippen LogP contribution >= 0.6 is 0 Å². The number of aliphatic hydroxyl groups is 1. The quantitative estimate of drug-likeness (QED) is 0.549. The highest BCUT2D eigenvalue weighted by Crippen LogP contribution is 2.29. The number of benzene rings is 1. The molecule has 0 radical (unpaired) electrons. The molecule has 0 saturated heterocycles. The van der Waals surface area contributed by atoms with Gasteiger partial charge in [-0.05, 0) is 18.9 Å². The SMILES string of the molecule is Cc1ccc(-c2cn3c(=O)c4ncn([C@H]5C=C[C@@H](CO)C5)c4nc3[nH]2)cc1. The van der Waals surface area contributed by atoms with Crippen molar-refractivity contribution in [2.45, 2.75) is 19.4 Å². The summed E-state index contributed by atoms with van der Waals surface area (Å²) in [4.78, 5) is 25.1. The average molecular weight is 361 g/mol. The molecule has 2 N–H and O–H groups in total. The fraction of sp³-hybridized carbons (Fsp3) is 0.250. The summed E-state index contributed by atoms with van der Waals surface area (Å²) in [6, 6.07) is 8.15. The van der Waals surface area contributed by atoms with Crippen LogP contribution in [0.2, 0.25) is 0 Å². The molecule has 1 aromatic carbocycles. The third kappa shape index (κ3) is 2.50. The largest absolute Gasteiger partial charge is 0.396 e. The van der Waals surface area contributed by atoms with Gasteiger partial charge in [-0.25, -0.2) is 9.38 Å². The Balaban J connectivity index is 1.65. The molecule has 0 spiro atoms. The lowest BCUT2D eigenvalue weighted by Gasteiger charge is -2.12. The number of nitrogens with one attached hydrogen (secondary N) is 1. The second kappa shape index (κ2) is 5.92. The first kappa shape index (κ1) is 16.0. The summed E-state index contributed by atoms with van der Waals surface area (Å²) in [7, 11) is 0. The van der Waals surface area contributed by atoms with E-state index >= 15 is 0 Å². The Kier molecular flexibility index (Phi) is 3.51. The Morgan fingerprint density at radius 1 is 1.26 bits per heavy atom. The number of rotatable bonds is 3. The number of nitrogens with zero attached hydrogens (tertiary/aromatic N) is 4. The molecule has 0 saturated carbocycles. The Morgan fingerprint density at radius 2 is 2.07 bits per heavy atom. The van der Waals surface area contributed by atoms with E-state index in [4.69, 9.17) is 0 Å². The van der Waals surface area contributed by atoms with Gasteiger partial charge >= 0.3 is 0 Å². The van der Waals surface area contributed by atoms with Gasteiger partial charge in [-0.15, -0.1) is 0 Å². The van der Waals surface area contributed by atoms with E-state index in [9.17, 15) is 9.90 Å². The summed E-state index contributed by atoms with van der Waals surface area (Å²) in [5.74, 6) is 0.626. The maximum absolute atomic E-state index is 12.9. The van der Waals surface area contributed by atoms with Gasteiger partial charge < -0.3 is 14.7 Å². The van der Waals surface area contributed by atoms with E-state index in [-0.39, 0.29) is 24.1 Å². The molecule has 2 atom stereocenters. The number of hydrogen-bond acceptors (Lipinski definition) is 4. The van der Waals surface area contributed by atoms with Crippen LogP contribution in [0.3, 0.4) is 0 Å². The molecule has 1 aliphatic carbocycles. The van der Waals surface area contributed by atoms with Gasteiger partial charge in [-0.3, -0.25) is 4.79 Å². The van der Waals surface area contributed by atoms with Crippen molar-refractivity contribution in [2.24, 2.45) is 5.92 Å². The second-order valence-electron chi connectivity index (χ2n) is 7.10. The zero-order valence-electron chi connectivity index (χ0n) is 14.8. The predicted molar refractivity (Wildman–Crippen MR) is 103 cm³/mol. The number of aliphatic hydroxyl groups excluding tert-OH is 1. The maximum atomic E-state index is 12.9. The van der Waals surface area contributed by atoms with Gasteiger partial charge in [0.05, 0.1) is 18.1 Å². The van der Waals surface area contributed by atoms with Crippen molar-refractivity contribution >= 4 is 16.9 Å². The summed E-state index contributed by atoms with van der Waals surface area (Å²) in [6.45, 7) is 2.16. The number of allylic oxidation sites excluding steroid dienone is 1. The van der Waals surface area contributed by atoms with Crippen LogP contribution in [0.5, 0.6) is 0 Å². The molecular formula is C20H19N5O2. The zero-order valence-corrected chi connectivity index (χ0v) is 14.8. The van der Waals surface area contributed by atoms with Crippen LogP contribution in [0.25, 0.3) is 28.2 Å². The van der Waals surface area contributed by atoms with E-state index < -0.39 is 0 Å². The number of aromatic nitrogens is 5. The van der Waals surface area contributed by atoms with Crippen molar-refractivity contribution < 1.29 is 5.11 Å². The second-order valence-corrected chi connectivity index (χ2v) is 7.10. The molecule has 0 unspecified atom stereocenters. The highest BCUT2D eigenvalue weighted by molar-refractivity contribution is 5.73. The Labute approximate surface area is 154 Å². The molecule has 5 rings (SSSR count). The predicted octanol–water partition coefficient (Wildman–Crippen LogP) is 2.46. The number of aromatic amines is 1. The molecule has 0 aliphatic heterocycles. The highest BCUT2D eigenvalue weighted by atomic mass is 16.3. The molecule has 7 heteroatoms. The minimum atomic E-state index is -0.191. The van der Waals surface area contributed by atoms with Crippen LogP contribution in [0, 0.1) is 12.8 Å². The summed E-state index contributed by atoms with van der Waals surface area (Å²) >= 11 is 0. The van der Waals surface area contributed by atoms with E-state index in [1.807, 2.05) is 47.9 Å². The van der Waals surface area contributed by atoms with Gasteiger partial charge in [0.25, 0.3) is 5.56 Å². The molecule has 0 bridgehead atoms. The third-order valence-corrected chi connectivity index (χ3v) is 5.24. The fourth-order valence-electron chi connectivity index (χ4n) is 3.69. The first-order valence-electron chi connectivity index (χ1n) is 8.98. The van der Waals surface area contributed by atoms with Crippen molar-refractivity contribution in [3.8, 4) is 11.3 Å². The van der Waals surface area contributed by atoms with Crippen LogP contribution < -0.4 is 5.56 Å². The van der Waals surface area contributed by atoms with Gasteiger partial charge in [0.15, 0.2) is 11.2 Å². The minimum Gasteiger partial charge on any atom is -0.396 e. The van der Waals surface area contributed by atoms with Crippen LogP contribution in [0.4, 0.5) is 0 Å². The molecule has 3 heterocycles. The monoisotopic (exact) mass is 361 g/mol.